The van der Waals surface area contributed by atoms with Crippen LogP contribution in [0, 0.1) is 0 Å². The molecule has 7 heteroatoms. The van der Waals surface area contributed by atoms with Gasteiger partial charge in [-0.2, -0.15) is 0 Å². The molecule has 0 bridgehead atoms. The number of aliphatic carboxylic acids is 1. The summed E-state index contributed by atoms with van der Waals surface area (Å²) in [7, 11) is 0. The van der Waals surface area contributed by atoms with E-state index >= 15 is 0 Å². The van der Waals surface area contributed by atoms with Crippen molar-refractivity contribution in [2.45, 2.75) is 38.7 Å². The zero-order valence-corrected chi connectivity index (χ0v) is 11.1. The van der Waals surface area contributed by atoms with Crippen LogP contribution in [0.1, 0.15) is 32.6 Å². The van der Waals surface area contributed by atoms with E-state index in [0.717, 1.165) is 12.8 Å². The third kappa shape index (κ3) is 5.69. The molecule has 0 saturated carbocycles. The molecule has 0 aliphatic carbocycles. The largest absolute Gasteiger partial charge is 0.481 e. The number of carboxylic acid groups (broad SMARTS) is 1. The highest BCUT2D eigenvalue weighted by atomic mass is 16.5. The first-order valence-corrected chi connectivity index (χ1v) is 6.45. The number of likely N-dealkylation sites (N-methyl/N-ethyl adjacent to an activating group) is 1. The summed E-state index contributed by atoms with van der Waals surface area (Å²) in [6.45, 7) is 3.45. The molecule has 1 unspecified atom stereocenters. The number of carboxylic acids is 1. The molecule has 1 aliphatic heterocycles. The maximum atomic E-state index is 11.8. The van der Waals surface area contributed by atoms with Gasteiger partial charge in [-0.3, -0.25) is 14.9 Å². The Kier molecular flexibility index (Phi) is 6.27. The molecule has 1 fully saturated rings. The molecule has 1 heterocycles. The van der Waals surface area contributed by atoms with Gasteiger partial charge in [0, 0.05) is 26.1 Å². The predicted molar refractivity (Wildman–Crippen MR) is 66.6 cm³/mol. The lowest BCUT2D eigenvalue weighted by atomic mass is 10.2. The molecule has 1 saturated heterocycles. The van der Waals surface area contributed by atoms with Crippen LogP contribution < -0.4 is 5.32 Å². The number of amides is 3. The Hall–Kier alpha value is -1.63. The van der Waals surface area contributed by atoms with Crippen LogP contribution in [0.4, 0.5) is 4.79 Å². The zero-order chi connectivity index (χ0) is 14.3. The molecule has 1 atom stereocenters. The van der Waals surface area contributed by atoms with Gasteiger partial charge in [0.25, 0.3) is 0 Å². The van der Waals surface area contributed by atoms with Crippen LogP contribution in [0.2, 0.25) is 0 Å². The highest BCUT2D eigenvalue weighted by Crippen LogP contribution is 2.13. The Labute approximate surface area is 111 Å². The van der Waals surface area contributed by atoms with Crippen LogP contribution in [0.25, 0.3) is 0 Å². The van der Waals surface area contributed by atoms with Gasteiger partial charge in [0.15, 0.2) is 0 Å². The molecule has 1 rings (SSSR count). The Morgan fingerprint density at radius 3 is 2.63 bits per heavy atom. The van der Waals surface area contributed by atoms with Gasteiger partial charge in [-0.15, -0.1) is 0 Å². The lowest BCUT2D eigenvalue weighted by Gasteiger charge is -2.23. The van der Waals surface area contributed by atoms with E-state index in [1.54, 1.807) is 0 Å². The first-order chi connectivity index (χ1) is 9.02. The number of carbonyl (C=O) groups excluding carboxylic acids is 2. The number of ether oxygens (including phenoxy) is 1. The SMILES string of the molecule is CCN(CC1CCCO1)C(=O)NC(=O)CCC(=O)O. The van der Waals surface area contributed by atoms with E-state index in [1.807, 2.05) is 6.92 Å². The Balaban J connectivity index is 2.35. The number of nitrogens with zero attached hydrogens (tertiary/aromatic N) is 1. The standard InChI is InChI=1S/C12H20N2O5/c1-2-14(8-9-4-3-7-19-9)12(18)13-10(15)5-6-11(16)17/h9H,2-8H2,1H3,(H,16,17)(H,13,15,18). The summed E-state index contributed by atoms with van der Waals surface area (Å²) < 4.78 is 5.44. The van der Waals surface area contributed by atoms with Crippen molar-refractivity contribution in [2.75, 3.05) is 19.7 Å². The van der Waals surface area contributed by atoms with E-state index in [-0.39, 0.29) is 18.9 Å². The van der Waals surface area contributed by atoms with Crippen molar-refractivity contribution in [1.82, 2.24) is 10.2 Å². The van der Waals surface area contributed by atoms with Crippen molar-refractivity contribution >= 4 is 17.9 Å². The molecule has 0 aromatic heterocycles. The van der Waals surface area contributed by atoms with Gasteiger partial charge in [-0.05, 0) is 19.8 Å². The molecule has 108 valence electrons. The number of nitrogens with one attached hydrogen (secondary N) is 1. The maximum Gasteiger partial charge on any atom is 0.324 e. The summed E-state index contributed by atoms with van der Waals surface area (Å²) in [5.74, 6) is -1.63. The zero-order valence-electron chi connectivity index (χ0n) is 11.1. The molecular weight excluding hydrogens is 252 g/mol. The molecule has 2 N–H and O–H groups in total. The Bertz CT molecular complexity index is 339. The lowest BCUT2D eigenvalue weighted by molar-refractivity contribution is -0.138. The fraction of sp³-hybridized carbons (Fsp3) is 0.750. The number of carbonyl (C=O) groups is 3. The number of urea groups is 1. The predicted octanol–water partition coefficient (Wildman–Crippen LogP) is 0.588. The van der Waals surface area contributed by atoms with Crippen LogP contribution in [-0.4, -0.2) is 53.7 Å². The highest BCUT2D eigenvalue weighted by Gasteiger charge is 2.22. The fourth-order valence-electron chi connectivity index (χ4n) is 1.87. The molecule has 3 amide bonds. The van der Waals surface area contributed by atoms with Crippen molar-refractivity contribution in [1.29, 1.82) is 0 Å². The molecule has 7 nitrogen and oxygen atoms in total. The van der Waals surface area contributed by atoms with Crippen molar-refractivity contribution in [2.24, 2.45) is 0 Å². The second-order valence-electron chi connectivity index (χ2n) is 4.42. The third-order valence-electron chi connectivity index (χ3n) is 2.93. The van der Waals surface area contributed by atoms with Crippen LogP contribution in [-0.2, 0) is 14.3 Å². The van der Waals surface area contributed by atoms with Crippen LogP contribution in [0.3, 0.4) is 0 Å². The summed E-state index contributed by atoms with van der Waals surface area (Å²) in [5.41, 5.74) is 0. The maximum absolute atomic E-state index is 11.8. The molecule has 0 aromatic rings. The monoisotopic (exact) mass is 272 g/mol. The number of rotatable bonds is 6. The minimum absolute atomic E-state index is 0.0276. The van der Waals surface area contributed by atoms with Gasteiger partial charge >= 0.3 is 12.0 Å². The van der Waals surface area contributed by atoms with Gasteiger partial charge in [-0.25, -0.2) is 4.79 Å². The second kappa shape index (κ2) is 7.73. The molecule has 1 aliphatic rings. The number of hydrogen-bond donors (Lipinski definition) is 2. The first-order valence-electron chi connectivity index (χ1n) is 6.45. The fourth-order valence-corrected chi connectivity index (χ4v) is 1.87. The summed E-state index contributed by atoms with van der Waals surface area (Å²) in [5, 5.41) is 10.6. The quantitative estimate of drug-likeness (QED) is 0.737. The topological polar surface area (TPSA) is 95.9 Å². The highest BCUT2D eigenvalue weighted by molar-refractivity contribution is 5.95. The minimum Gasteiger partial charge on any atom is -0.481 e. The lowest BCUT2D eigenvalue weighted by Crippen LogP contribution is -2.45. The smallest absolute Gasteiger partial charge is 0.324 e. The Morgan fingerprint density at radius 2 is 2.11 bits per heavy atom. The van der Waals surface area contributed by atoms with Gasteiger partial charge in [0.1, 0.15) is 0 Å². The number of hydrogen-bond acceptors (Lipinski definition) is 4. The van der Waals surface area contributed by atoms with Gasteiger partial charge in [-0.1, -0.05) is 0 Å². The Morgan fingerprint density at radius 1 is 1.37 bits per heavy atom. The molecule has 19 heavy (non-hydrogen) atoms. The van der Waals surface area contributed by atoms with Crippen LogP contribution in [0.15, 0.2) is 0 Å². The van der Waals surface area contributed by atoms with E-state index in [2.05, 4.69) is 5.32 Å². The van der Waals surface area contributed by atoms with Crippen molar-refractivity contribution in [3.8, 4) is 0 Å². The second-order valence-corrected chi connectivity index (χ2v) is 4.42. The van der Waals surface area contributed by atoms with Gasteiger partial charge in [0.2, 0.25) is 5.91 Å². The molecular formula is C12H20N2O5. The van der Waals surface area contributed by atoms with Crippen molar-refractivity contribution in [3.05, 3.63) is 0 Å². The summed E-state index contributed by atoms with van der Waals surface area (Å²) in [4.78, 5) is 35.0. The molecule has 0 spiro atoms. The van der Waals surface area contributed by atoms with Gasteiger partial charge < -0.3 is 14.7 Å². The van der Waals surface area contributed by atoms with Crippen LogP contribution >= 0.6 is 0 Å². The van der Waals surface area contributed by atoms with E-state index in [0.29, 0.717) is 19.7 Å². The molecule has 0 radical (unpaired) electrons. The summed E-state index contributed by atoms with van der Waals surface area (Å²) in [6, 6.07) is -0.492. The molecule has 0 aromatic carbocycles. The first kappa shape index (κ1) is 15.4. The summed E-state index contributed by atoms with van der Waals surface area (Å²) >= 11 is 0. The number of imide groups is 1. The van der Waals surface area contributed by atoms with Gasteiger partial charge in [0.05, 0.1) is 12.5 Å². The average molecular weight is 272 g/mol. The van der Waals surface area contributed by atoms with E-state index < -0.39 is 17.9 Å². The van der Waals surface area contributed by atoms with Crippen molar-refractivity contribution in [3.63, 3.8) is 0 Å². The third-order valence-corrected chi connectivity index (χ3v) is 2.93. The van der Waals surface area contributed by atoms with E-state index in [9.17, 15) is 14.4 Å². The average Bonchev–Trinajstić information content (AvgIpc) is 2.86. The minimum atomic E-state index is -1.06. The summed E-state index contributed by atoms with van der Waals surface area (Å²) in [6.07, 6.45) is 1.45. The van der Waals surface area contributed by atoms with E-state index in [1.165, 1.54) is 4.90 Å². The van der Waals surface area contributed by atoms with Crippen molar-refractivity contribution < 1.29 is 24.2 Å². The van der Waals surface area contributed by atoms with E-state index in [4.69, 9.17) is 9.84 Å². The normalized spacial score (nSPS) is 18.1. The van der Waals surface area contributed by atoms with Crippen LogP contribution in [0.5, 0.6) is 0 Å².